The van der Waals surface area contributed by atoms with Crippen molar-refractivity contribution in [2.45, 2.75) is 37.9 Å². The molecule has 2 N–H and O–H groups in total. The first-order valence-electron chi connectivity index (χ1n) is 6.16. The van der Waals surface area contributed by atoms with Crippen molar-refractivity contribution in [1.82, 2.24) is 9.97 Å². The van der Waals surface area contributed by atoms with Crippen molar-refractivity contribution in [3.8, 4) is 0 Å². The Hall–Kier alpha value is -0.970. The van der Waals surface area contributed by atoms with Gasteiger partial charge in [-0.1, -0.05) is 25.6 Å². The third kappa shape index (κ3) is 3.49. The number of hydrogen-bond donors (Lipinski definition) is 2. The Morgan fingerprint density at radius 2 is 2.12 bits per heavy atom. The lowest BCUT2D eigenvalue weighted by Crippen LogP contribution is -2.09. The Labute approximate surface area is 107 Å². The van der Waals surface area contributed by atoms with Gasteiger partial charge >= 0.3 is 0 Å². The van der Waals surface area contributed by atoms with Crippen LogP contribution in [0.4, 0.5) is 11.6 Å². The number of anilines is 2. The molecule has 1 fully saturated rings. The molecule has 1 aromatic rings. The van der Waals surface area contributed by atoms with Crippen LogP contribution in [0, 0.1) is 5.92 Å². The summed E-state index contributed by atoms with van der Waals surface area (Å²) in [5.41, 5.74) is 0. The fourth-order valence-corrected chi connectivity index (χ4v) is 2.03. The maximum absolute atomic E-state index is 4.48. The molecule has 1 aliphatic carbocycles. The minimum absolute atomic E-state index is 0.596. The minimum atomic E-state index is 0.596. The van der Waals surface area contributed by atoms with E-state index in [1.165, 1.54) is 6.42 Å². The highest BCUT2D eigenvalue weighted by molar-refractivity contribution is 7.98. The summed E-state index contributed by atoms with van der Waals surface area (Å²) in [7, 11) is 0. The average molecular weight is 252 g/mol. The van der Waals surface area contributed by atoms with Gasteiger partial charge in [-0.3, -0.25) is 0 Å². The number of hydrogen-bond acceptors (Lipinski definition) is 5. The smallest absolute Gasteiger partial charge is 0.191 e. The van der Waals surface area contributed by atoms with Gasteiger partial charge in [-0.2, -0.15) is 0 Å². The SMILES string of the molecule is CCCNc1cc(NC2CC2C)nc(SC)n1. The zero-order valence-corrected chi connectivity index (χ0v) is 11.5. The zero-order valence-electron chi connectivity index (χ0n) is 10.7. The molecule has 0 radical (unpaired) electrons. The number of nitrogens with one attached hydrogen (secondary N) is 2. The molecule has 5 heteroatoms. The molecule has 4 nitrogen and oxygen atoms in total. The maximum atomic E-state index is 4.48. The molecule has 0 aromatic carbocycles. The molecule has 0 bridgehead atoms. The highest BCUT2D eigenvalue weighted by atomic mass is 32.2. The highest BCUT2D eigenvalue weighted by Gasteiger charge is 2.32. The van der Waals surface area contributed by atoms with E-state index < -0.39 is 0 Å². The van der Waals surface area contributed by atoms with E-state index in [0.717, 1.165) is 35.7 Å². The van der Waals surface area contributed by atoms with Gasteiger partial charge in [0.1, 0.15) is 11.6 Å². The van der Waals surface area contributed by atoms with E-state index >= 15 is 0 Å². The second-order valence-corrected chi connectivity index (χ2v) is 5.29. The molecule has 2 atom stereocenters. The molecule has 0 spiro atoms. The molecule has 2 unspecified atom stereocenters. The topological polar surface area (TPSA) is 49.8 Å². The van der Waals surface area contributed by atoms with Crippen molar-refractivity contribution in [2.24, 2.45) is 5.92 Å². The van der Waals surface area contributed by atoms with Crippen LogP contribution in [0.15, 0.2) is 11.2 Å². The second-order valence-electron chi connectivity index (χ2n) is 4.52. The Morgan fingerprint density at radius 3 is 2.71 bits per heavy atom. The quantitative estimate of drug-likeness (QED) is 0.602. The van der Waals surface area contributed by atoms with Crippen molar-refractivity contribution >= 4 is 23.4 Å². The molecule has 1 heterocycles. The van der Waals surface area contributed by atoms with Gasteiger partial charge in [-0.25, -0.2) is 9.97 Å². The van der Waals surface area contributed by atoms with Crippen molar-refractivity contribution in [1.29, 1.82) is 0 Å². The number of rotatable bonds is 6. The summed E-state index contributed by atoms with van der Waals surface area (Å²) in [4.78, 5) is 8.91. The maximum Gasteiger partial charge on any atom is 0.191 e. The summed E-state index contributed by atoms with van der Waals surface area (Å²) in [6.07, 6.45) is 4.35. The van der Waals surface area contributed by atoms with Crippen molar-refractivity contribution in [3.05, 3.63) is 6.07 Å². The van der Waals surface area contributed by atoms with Gasteiger partial charge in [0.25, 0.3) is 0 Å². The van der Waals surface area contributed by atoms with E-state index in [4.69, 9.17) is 0 Å². The fraction of sp³-hybridized carbons (Fsp3) is 0.667. The van der Waals surface area contributed by atoms with Crippen LogP contribution in [0.1, 0.15) is 26.7 Å². The van der Waals surface area contributed by atoms with Crippen LogP contribution < -0.4 is 10.6 Å². The van der Waals surface area contributed by atoms with Crippen molar-refractivity contribution in [2.75, 3.05) is 23.4 Å². The standard InChI is InChI=1S/C12H20N4S/c1-4-5-13-10-7-11(14-9-6-8(9)2)16-12(15-10)17-3/h7-9H,4-6H2,1-3H3,(H2,13,14,15,16). The molecule has 2 rings (SSSR count). The van der Waals surface area contributed by atoms with Crippen molar-refractivity contribution < 1.29 is 0 Å². The van der Waals surface area contributed by atoms with Gasteiger partial charge in [0.15, 0.2) is 5.16 Å². The predicted octanol–water partition coefficient (Wildman–Crippen LogP) is 2.84. The summed E-state index contributed by atoms with van der Waals surface area (Å²) in [5.74, 6) is 2.63. The lowest BCUT2D eigenvalue weighted by atomic mass is 10.4. The average Bonchev–Trinajstić information content (AvgIpc) is 3.01. The summed E-state index contributed by atoms with van der Waals surface area (Å²) in [6.45, 7) is 5.35. The molecule has 17 heavy (non-hydrogen) atoms. The molecule has 0 amide bonds. The van der Waals surface area contributed by atoms with Gasteiger partial charge in [0.2, 0.25) is 0 Å². The normalized spacial score (nSPS) is 22.3. The van der Waals surface area contributed by atoms with Gasteiger partial charge in [-0.05, 0) is 25.0 Å². The second kappa shape index (κ2) is 5.58. The van der Waals surface area contributed by atoms with Crippen molar-refractivity contribution in [3.63, 3.8) is 0 Å². The van der Waals surface area contributed by atoms with Crippen LogP contribution in [-0.4, -0.2) is 28.8 Å². The third-order valence-corrected chi connectivity index (χ3v) is 3.43. The molecule has 94 valence electrons. The molecule has 1 aliphatic rings. The van der Waals surface area contributed by atoms with Gasteiger partial charge < -0.3 is 10.6 Å². The van der Waals surface area contributed by atoms with Crippen LogP contribution in [-0.2, 0) is 0 Å². The van der Waals surface area contributed by atoms with Crippen LogP contribution in [0.25, 0.3) is 0 Å². The Balaban J connectivity index is 2.07. The largest absolute Gasteiger partial charge is 0.370 e. The summed E-state index contributed by atoms with van der Waals surface area (Å²) in [5, 5.41) is 7.58. The summed E-state index contributed by atoms with van der Waals surface area (Å²) < 4.78 is 0. The van der Waals surface area contributed by atoms with E-state index in [0.29, 0.717) is 6.04 Å². The summed E-state index contributed by atoms with van der Waals surface area (Å²) in [6, 6.07) is 2.60. The fourth-order valence-electron chi connectivity index (χ4n) is 1.65. The summed E-state index contributed by atoms with van der Waals surface area (Å²) >= 11 is 1.58. The van der Waals surface area contributed by atoms with Gasteiger partial charge in [-0.15, -0.1) is 0 Å². The number of thioether (sulfide) groups is 1. The molecule has 1 aromatic heterocycles. The van der Waals surface area contributed by atoms with Gasteiger partial charge in [0.05, 0.1) is 0 Å². The van der Waals surface area contributed by atoms with Crippen LogP contribution in [0.2, 0.25) is 0 Å². The first-order valence-corrected chi connectivity index (χ1v) is 7.39. The lowest BCUT2D eigenvalue weighted by Gasteiger charge is -2.09. The van der Waals surface area contributed by atoms with E-state index in [1.807, 2.05) is 12.3 Å². The zero-order chi connectivity index (χ0) is 12.3. The Bertz CT molecular complexity index is 383. The van der Waals surface area contributed by atoms with E-state index in [9.17, 15) is 0 Å². The molecule has 0 aliphatic heterocycles. The Kier molecular flexibility index (Phi) is 4.10. The van der Waals surface area contributed by atoms with Crippen LogP contribution in [0.3, 0.4) is 0 Å². The van der Waals surface area contributed by atoms with Gasteiger partial charge in [0, 0.05) is 18.7 Å². The van der Waals surface area contributed by atoms with E-state index in [2.05, 4.69) is 34.4 Å². The first kappa shape index (κ1) is 12.5. The highest BCUT2D eigenvalue weighted by Crippen LogP contribution is 2.32. The number of nitrogens with zero attached hydrogens (tertiary/aromatic N) is 2. The lowest BCUT2D eigenvalue weighted by molar-refractivity contribution is 0.896. The molecular weight excluding hydrogens is 232 g/mol. The van der Waals surface area contributed by atoms with E-state index in [-0.39, 0.29) is 0 Å². The monoisotopic (exact) mass is 252 g/mol. The Morgan fingerprint density at radius 1 is 1.41 bits per heavy atom. The predicted molar refractivity (Wildman–Crippen MR) is 73.8 cm³/mol. The van der Waals surface area contributed by atoms with E-state index in [1.54, 1.807) is 11.8 Å². The van der Waals surface area contributed by atoms with Crippen LogP contribution in [0.5, 0.6) is 0 Å². The minimum Gasteiger partial charge on any atom is -0.370 e. The third-order valence-electron chi connectivity index (χ3n) is 2.89. The molecule has 1 saturated carbocycles. The molecular formula is C12H20N4S. The van der Waals surface area contributed by atoms with Crippen LogP contribution >= 0.6 is 11.8 Å². The number of aromatic nitrogens is 2. The molecule has 0 saturated heterocycles. The first-order chi connectivity index (χ1) is 8.22.